The molecular formula is C31H55F2N3O8P+. The molecule has 1 aliphatic heterocycles. The van der Waals surface area contributed by atoms with Gasteiger partial charge in [0.05, 0.1) is 13.2 Å². The Hall–Kier alpha value is -1.92. The highest BCUT2D eigenvalue weighted by atomic mass is 31.2. The first kappa shape index (κ1) is 39.3. The van der Waals surface area contributed by atoms with Crippen molar-refractivity contribution in [2.75, 3.05) is 25.6 Å². The van der Waals surface area contributed by atoms with Gasteiger partial charge in [-0.3, -0.25) is 9.36 Å². The van der Waals surface area contributed by atoms with Gasteiger partial charge < -0.3 is 19.7 Å². The van der Waals surface area contributed by atoms with Crippen LogP contribution in [0.5, 0.6) is 0 Å². The summed E-state index contributed by atoms with van der Waals surface area (Å²) in [5.74, 6) is -4.82. The molecule has 2 heterocycles. The summed E-state index contributed by atoms with van der Waals surface area (Å²) >= 11 is 0. The fourth-order valence-electron chi connectivity index (χ4n) is 5.01. The molecule has 1 fully saturated rings. The van der Waals surface area contributed by atoms with E-state index in [0.29, 0.717) is 23.8 Å². The number of alkyl halides is 2. The molecule has 14 heteroatoms. The number of esters is 1. The molecule has 45 heavy (non-hydrogen) atoms. The molecule has 1 aliphatic rings. The van der Waals surface area contributed by atoms with E-state index in [1.165, 1.54) is 6.07 Å². The molecule has 2 rings (SSSR count). The first-order valence-electron chi connectivity index (χ1n) is 16.7. The number of hydrogen-bond acceptors (Lipinski definition) is 9. The van der Waals surface area contributed by atoms with Gasteiger partial charge in [-0.2, -0.15) is 18.3 Å². The lowest BCUT2D eigenvalue weighted by Gasteiger charge is -2.24. The molecule has 0 radical (unpaired) electrons. The number of nitrogens with zero attached hydrogens (tertiary/aromatic N) is 2. The van der Waals surface area contributed by atoms with Crippen molar-refractivity contribution in [3.63, 3.8) is 0 Å². The molecule has 260 valence electrons. The lowest BCUT2D eigenvalue weighted by Crippen LogP contribution is -2.44. The number of halogens is 2. The minimum absolute atomic E-state index is 0.0507. The SMILES string of the molecule is CCCCCCCOP(=O)(OC[C@H]1O[C@@H](n2ccc(N)nc2=O)C(F)(F)[C@@H]1OC(=O)CCCCCCC)[OH+]CCCCCCC. The monoisotopic (exact) mass is 666 g/mol. The van der Waals surface area contributed by atoms with Crippen molar-refractivity contribution in [3.8, 4) is 0 Å². The molecule has 4 atom stereocenters. The highest BCUT2D eigenvalue weighted by Gasteiger charge is 2.63. The van der Waals surface area contributed by atoms with E-state index in [4.69, 9.17) is 24.3 Å². The molecule has 0 saturated carbocycles. The summed E-state index contributed by atoms with van der Waals surface area (Å²) in [5, 5.41) is 0. The summed E-state index contributed by atoms with van der Waals surface area (Å²) in [6.07, 6.45) is 8.81. The second-order valence-corrected chi connectivity index (χ2v) is 13.3. The normalized spacial score (nSPS) is 20.7. The average Bonchev–Trinajstić information content (AvgIpc) is 3.24. The van der Waals surface area contributed by atoms with E-state index < -0.39 is 50.4 Å². The van der Waals surface area contributed by atoms with E-state index >= 15 is 8.78 Å². The predicted molar refractivity (Wildman–Crippen MR) is 169 cm³/mol. The number of carbonyl (C=O) groups excluding carboxylic acids is 1. The Morgan fingerprint density at radius 3 is 2.20 bits per heavy atom. The van der Waals surface area contributed by atoms with Crippen LogP contribution in [0, 0.1) is 0 Å². The van der Waals surface area contributed by atoms with Crippen molar-refractivity contribution < 1.29 is 41.2 Å². The van der Waals surface area contributed by atoms with Crippen LogP contribution in [0.3, 0.4) is 0 Å². The number of nitrogen functional groups attached to an aromatic ring is 1. The maximum atomic E-state index is 15.9. The highest BCUT2D eigenvalue weighted by molar-refractivity contribution is 7.47. The number of anilines is 1. The molecule has 3 N–H and O–H groups in total. The second-order valence-electron chi connectivity index (χ2n) is 11.6. The third kappa shape index (κ3) is 13.8. The van der Waals surface area contributed by atoms with Crippen molar-refractivity contribution in [2.45, 2.75) is 148 Å². The van der Waals surface area contributed by atoms with Crippen molar-refractivity contribution in [1.82, 2.24) is 9.55 Å². The lowest BCUT2D eigenvalue weighted by atomic mass is 10.1. The summed E-state index contributed by atoms with van der Waals surface area (Å²) < 4.78 is 72.3. The van der Waals surface area contributed by atoms with Gasteiger partial charge in [-0.1, -0.05) is 91.4 Å². The smallest absolute Gasteiger partial charge is 0.453 e. The Kier molecular flexibility index (Phi) is 18.4. The van der Waals surface area contributed by atoms with Crippen LogP contribution in [0.2, 0.25) is 0 Å². The van der Waals surface area contributed by atoms with Gasteiger partial charge in [0.1, 0.15) is 18.5 Å². The second kappa shape index (κ2) is 21.1. The summed E-state index contributed by atoms with van der Waals surface area (Å²) in [6.45, 7) is 5.98. The van der Waals surface area contributed by atoms with E-state index in [1.54, 1.807) is 0 Å². The van der Waals surface area contributed by atoms with Crippen LogP contribution in [0.1, 0.15) is 130 Å². The largest absolute Gasteiger partial charge is 0.635 e. The third-order valence-corrected chi connectivity index (χ3v) is 9.17. The Labute approximate surface area is 266 Å². The zero-order valence-corrected chi connectivity index (χ0v) is 28.2. The van der Waals surface area contributed by atoms with E-state index in [-0.39, 0.29) is 25.5 Å². The zero-order chi connectivity index (χ0) is 33.1. The van der Waals surface area contributed by atoms with Crippen LogP contribution >= 0.6 is 7.82 Å². The third-order valence-electron chi connectivity index (χ3n) is 7.64. The van der Waals surface area contributed by atoms with E-state index in [2.05, 4.69) is 30.3 Å². The number of hydrogen-bond donors (Lipinski definition) is 1. The predicted octanol–water partition coefficient (Wildman–Crippen LogP) is 7.24. The van der Waals surface area contributed by atoms with Gasteiger partial charge in [0.2, 0.25) is 6.23 Å². The fourth-order valence-corrected chi connectivity index (χ4v) is 6.33. The van der Waals surface area contributed by atoms with Crippen LogP contribution in [0.15, 0.2) is 17.1 Å². The van der Waals surface area contributed by atoms with Crippen molar-refractivity contribution in [1.29, 1.82) is 0 Å². The number of ether oxygens (including phenoxy) is 2. The quantitative estimate of drug-likeness (QED) is 0.0494. The fraction of sp³-hybridized carbons (Fsp3) is 0.839. The molecule has 0 bridgehead atoms. The van der Waals surface area contributed by atoms with Crippen LogP contribution in [0.4, 0.5) is 14.6 Å². The average molecular weight is 667 g/mol. The summed E-state index contributed by atoms with van der Waals surface area (Å²) in [5.41, 5.74) is 4.48. The maximum absolute atomic E-state index is 15.9. The number of nitrogens with two attached hydrogens (primary N) is 1. The van der Waals surface area contributed by atoms with Crippen LogP contribution in [0.25, 0.3) is 0 Å². The highest BCUT2D eigenvalue weighted by Crippen LogP contribution is 2.50. The van der Waals surface area contributed by atoms with Crippen molar-refractivity contribution in [2.24, 2.45) is 0 Å². The summed E-state index contributed by atoms with van der Waals surface area (Å²) in [7, 11) is -4.06. The molecule has 0 aliphatic carbocycles. The van der Waals surface area contributed by atoms with E-state index in [1.807, 2.05) is 0 Å². The Morgan fingerprint density at radius 2 is 1.58 bits per heavy atom. The topological polar surface area (TPSA) is 145 Å². The first-order valence-corrected chi connectivity index (χ1v) is 18.2. The molecule has 1 aromatic heterocycles. The molecule has 1 aromatic rings. The van der Waals surface area contributed by atoms with E-state index in [0.717, 1.165) is 83.2 Å². The molecular weight excluding hydrogens is 611 g/mol. The van der Waals surface area contributed by atoms with Gasteiger partial charge >= 0.3 is 25.4 Å². The molecule has 11 nitrogen and oxygen atoms in total. The number of rotatable bonds is 25. The zero-order valence-electron chi connectivity index (χ0n) is 27.3. The molecule has 0 spiro atoms. The number of carbonyl (C=O) groups is 1. The first-order chi connectivity index (χ1) is 21.6. The summed E-state index contributed by atoms with van der Waals surface area (Å²) in [4.78, 5) is 28.7. The van der Waals surface area contributed by atoms with Crippen LogP contribution < -0.4 is 11.4 Å². The Morgan fingerprint density at radius 1 is 0.978 bits per heavy atom. The van der Waals surface area contributed by atoms with Crippen molar-refractivity contribution >= 4 is 19.6 Å². The maximum Gasteiger partial charge on any atom is 0.635 e. The van der Waals surface area contributed by atoms with Gasteiger partial charge in [-0.15, -0.1) is 0 Å². The standard InChI is InChI=1S/C31H54F2N3O8P/c1-4-7-10-13-16-19-27(37)44-28-25(43-29(31(28,32)33)36-21-20-26(34)35-30(36)38)24-42-45(39,40-22-17-14-11-8-5-2)41-23-18-15-12-9-6-3/h20-21,25,28-29H,4-19,22-24H2,1-3H3,(H2,34,35,38)/p+1/t25-,28-,29-/m1/s1. The summed E-state index contributed by atoms with van der Waals surface area (Å²) in [6, 6.07) is 1.18. The minimum atomic E-state index is -4.06. The van der Waals surface area contributed by atoms with Gasteiger partial charge in [0, 0.05) is 19.0 Å². The molecule has 0 aromatic carbocycles. The van der Waals surface area contributed by atoms with E-state index in [9.17, 15) is 14.2 Å². The Bertz CT molecular complexity index is 1070. The minimum Gasteiger partial charge on any atom is -0.453 e. The van der Waals surface area contributed by atoms with Crippen molar-refractivity contribution in [3.05, 3.63) is 22.7 Å². The van der Waals surface area contributed by atoms with Crippen LogP contribution in [-0.2, 0) is 27.9 Å². The number of aliphatic hydroxyl groups is 1. The van der Waals surface area contributed by atoms with Gasteiger partial charge in [-0.25, -0.2) is 13.8 Å². The molecule has 1 saturated heterocycles. The lowest BCUT2D eigenvalue weighted by molar-refractivity contribution is -0.176. The van der Waals surface area contributed by atoms with Gasteiger partial charge in [-0.05, 0) is 25.3 Å². The van der Waals surface area contributed by atoms with Gasteiger partial charge in [0.25, 0.3) is 0 Å². The number of aromatic nitrogens is 2. The Balaban J connectivity index is 2.18. The molecule has 1 unspecified atom stereocenters. The molecule has 0 amide bonds. The number of unbranched alkanes of at least 4 members (excludes halogenated alkanes) is 12. The van der Waals surface area contributed by atoms with Gasteiger partial charge in [0.15, 0.2) is 6.10 Å². The van der Waals surface area contributed by atoms with Crippen LogP contribution in [-0.4, -0.2) is 58.0 Å².